The van der Waals surface area contributed by atoms with Gasteiger partial charge in [0.15, 0.2) is 5.96 Å². The molecule has 2 N–H and O–H groups in total. The van der Waals surface area contributed by atoms with Crippen LogP contribution in [0.4, 0.5) is 0 Å². The van der Waals surface area contributed by atoms with E-state index in [0.29, 0.717) is 25.5 Å². The van der Waals surface area contributed by atoms with Crippen molar-refractivity contribution >= 4 is 45.9 Å². The molecule has 0 saturated carbocycles. The third-order valence-electron chi connectivity index (χ3n) is 4.65. The Kier molecular flexibility index (Phi) is 10.3. The molecule has 1 aromatic carbocycles. The molecule has 10 heteroatoms. The number of amides is 1. The van der Waals surface area contributed by atoms with Gasteiger partial charge in [0.1, 0.15) is 0 Å². The normalized spacial score (nSPS) is 17.2. The summed E-state index contributed by atoms with van der Waals surface area (Å²) in [4.78, 5) is 18.6. The molecule has 1 amide bonds. The summed E-state index contributed by atoms with van der Waals surface area (Å²) < 4.78 is 25.5. The highest BCUT2D eigenvalue weighted by atomic mass is 127. The van der Waals surface area contributed by atoms with E-state index in [9.17, 15) is 13.2 Å². The Bertz CT molecular complexity index is 797. The second-order valence-electron chi connectivity index (χ2n) is 6.95. The van der Waals surface area contributed by atoms with Crippen LogP contribution >= 0.6 is 24.0 Å². The molecule has 1 aliphatic heterocycles. The van der Waals surface area contributed by atoms with Crippen molar-refractivity contribution in [2.75, 3.05) is 33.7 Å². The Morgan fingerprint density at radius 3 is 2.45 bits per heavy atom. The molecule has 1 unspecified atom stereocenters. The van der Waals surface area contributed by atoms with E-state index in [1.165, 1.54) is 18.4 Å². The van der Waals surface area contributed by atoms with Crippen LogP contribution in [0.3, 0.4) is 0 Å². The van der Waals surface area contributed by atoms with Gasteiger partial charge in [0, 0.05) is 46.2 Å². The zero-order valence-electron chi connectivity index (χ0n) is 17.5. The number of nitrogens with one attached hydrogen (secondary N) is 2. The Labute approximate surface area is 191 Å². The van der Waals surface area contributed by atoms with Crippen LogP contribution in [0.2, 0.25) is 0 Å². The van der Waals surface area contributed by atoms with Crippen molar-refractivity contribution in [3.8, 4) is 0 Å². The predicted molar refractivity (Wildman–Crippen MR) is 126 cm³/mol. The van der Waals surface area contributed by atoms with Gasteiger partial charge in [0.2, 0.25) is 15.9 Å². The van der Waals surface area contributed by atoms with Crippen LogP contribution in [0.15, 0.2) is 34.2 Å². The number of rotatable bonds is 7. The lowest BCUT2D eigenvalue weighted by Gasteiger charge is -2.18. The van der Waals surface area contributed by atoms with Crippen molar-refractivity contribution in [3.05, 3.63) is 29.8 Å². The van der Waals surface area contributed by atoms with Crippen molar-refractivity contribution in [1.82, 2.24) is 19.8 Å². The molecule has 8 nitrogen and oxygen atoms in total. The van der Waals surface area contributed by atoms with Gasteiger partial charge in [0.05, 0.1) is 11.4 Å². The first-order valence-electron chi connectivity index (χ1n) is 9.62. The molecule has 1 fully saturated rings. The number of aliphatic imine (C=N–C) groups is 1. The minimum atomic E-state index is -3.42. The molecule has 0 spiro atoms. The number of halogens is 1. The van der Waals surface area contributed by atoms with Gasteiger partial charge in [-0.3, -0.25) is 4.79 Å². The number of hydrogen-bond acceptors (Lipinski definition) is 4. The van der Waals surface area contributed by atoms with Gasteiger partial charge in [0.25, 0.3) is 0 Å². The lowest BCUT2D eigenvalue weighted by molar-refractivity contribution is -0.129. The van der Waals surface area contributed by atoms with E-state index in [2.05, 4.69) is 15.6 Å². The Morgan fingerprint density at radius 2 is 1.90 bits per heavy atom. The number of hydrogen-bond donors (Lipinski definition) is 2. The Morgan fingerprint density at radius 1 is 1.24 bits per heavy atom. The minimum absolute atomic E-state index is 0. The highest BCUT2D eigenvalue weighted by Gasteiger charge is 2.25. The predicted octanol–water partition coefficient (Wildman–Crippen LogP) is 1.62. The third kappa shape index (κ3) is 7.10. The van der Waals surface area contributed by atoms with Crippen LogP contribution in [-0.4, -0.2) is 69.3 Å². The fourth-order valence-electron chi connectivity index (χ4n) is 2.99. The average Bonchev–Trinajstić information content (AvgIpc) is 3.14. The smallest absolute Gasteiger partial charge is 0.242 e. The molecule has 29 heavy (non-hydrogen) atoms. The second kappa shape index (κ2) is 11.7. The zero-order valence-corrected chi connectivity index (χ0v) is 20.7. The quantitative estimate of drug-likeness (QED) is 0.313. The molecular formula is C19H32IN5O3S. The fraction of sp³-hybridized carbons (Fsp3) is 0.579. The van der Waals surface area contributed by atoms with E-state index in [4.69, 9.17) is 0 Å². The molecule has 1 saturated heterocycles. The van der Waals surface area contributed by atoms with E-state index in [-0.39, 0.29) is 40.8 Å². The highest BCUT2D eigenvalue weighted by Crippen LogP contribution is 2.15. The van der Waals surface area contributed by atoms with E-state index in [1.807, 2.05) is 18.7 Å². The van der Waals surface area contributed by atoms with Crippen molar-refractivity contribution in [2.45, 2.75) is 44.2 Å². The molecule has 0 radical (unpaired) electrons. The van der Waals surface area contributed by atoms with Crippen LogP contribution in [0.25, 0.3) is 0 Å². The summed E-state index contributed by atoms with van der Waals surface area (Å²) in [6.45, 7) is 6.50. The monoisotopic (exact) mass is 537 g/mol. The van der Waals surface area contributed by atoms with Gasteiger partial charge >= 0.3 is 0 Å². The maximum Gasteiger partial charge on any atom is 0.242 e. The fourth-order valence-corrected chi connectivity index (χ4v) is 3.89. The van der Waals surface area contributed by atoms with E-state index in [1.54, 1.807) is 24.3 Å². The molecule has 164 valence electrons. The summed E-state index contributed by atoms with van der Waals surface area (Å²) in [5, 5.41) is 6.61. The Balaban J connectivity index is 0.00000420. The SMILES string of the molecule is CCNC(=NCc1ccc(S(=O)(=O)N(C)C)cc1)NC1CCN(C(=O)CC)C1.I. The van der Waals surface area contributed by atoms with Crippen LogP contribution in [-0.2, 0) is 21.4 Å². The number of likely N-dealkylation sites (tertiary alicyclic amines) is 1. The summed E-state index contributed by atoms with van der Waals surface area (Å²) in [7, 11) is -0.395. The van der Waals surface area contributed by atoms with E-state index < -0.39 is 10.0 Å². The van der Waals surface area contributed by atoms with Gasteiger partial charge < -0.3 is 15.5 Å². The third-order valence-corrected chi connectivity index (χ3v) is 6.48. The van der Waals surface area contributed by atoms with Crippen molar-refractivity contribution in [2.24, 2.45) is 4.99 Å². The van der Waals surface area contributed by atoms with Crippen molar-refractivity contribution < 1.29 is 13.2 Å². The number of sulfonamides is 1. The summed E-state index contributed by atoms with van der Waals surface area (Å²) in [6.07, 6.45) is 1.42. The Hall–Kier alpha value is -1.40. The number of benzene rings is 1. The lowest BCUT2D eigenvalue weighted by Crippen LogP contribution is -2.45. The second-order valence-corrected chi connectivity index (χ2v) is 9.10. The summed E-state index contributed by atoms with van der Waals surface area (Å²) in [5.74, 6) is 0.877. The summed E-state index contributed by atoms with van der Waals surface area (Å²) in [6, 6.07) is 6.94. The molecular weight excluding hydrogens is 505 g/mol. The zero-order chi connectivity index (χ0) is 20.7. The molecule has 1 aromatic rings. The number of carbonyl (C=O) groups is 1. The van der Waals surface area contributed by atoms with Crippen LogP contribution < -0.4 is 10.6 Å². The van der Waals surface area contributed by atoms with E-state index >= 15 is 0 Å². The highest BCUT2D eigenvalue weighted by molar-refractivity contribution is 14.0. The first-order chi connectivity index (χ1) is 13.3. The van der Waals surface area contributed by atoms with Gasteiger partial charge in [-0.15, -0.1) is 24.0 Å². The molecule has 0 bridgehead atoms. The maximum absolute atomic E-state index is 12.1. The van der Waals surface area contributed by atoms with Gasteiger partial charge in [-0.25, -0.2) is 17.7 Å². The molecule has 1 heterocycles. The molecule has 1 aliphatic rings. The topological polar surface area (TPSA) is 94.1 Å². The standard InChI is InChI=1S/C19H31N5O3S.HI/c1-5-18(25)24-12-11-16(14-24)22-19(20-6-2)21-13-15-7-9-17(10-8-15)28(26,27)23(3)4;/h7-10,16H,5-6,11-14H2,1-4H3,(H2,20,21,22);1H. The first kappa shape index (κ1) is 25.6. The number of nitrogens with zero attached hydrogens (tertiary/aromatic N) is 3. The molecule has 1 atom stereocenters. The van der Waals surface area contributed by atoms with E-state index in [0.717, 1.165) is 25.1 Å². The minimum Gasteiger partial charge on any atom is -0.357 e. The van der Waals surface area contributed by atoms with Gasteiger partial charge in [-0.2, -0.15) is 0 Å². The molecule has 2 rings (SSSR count). The summed E-state index contributed by atoms with van der Waals surface area (Å²) >= 11 is 0. The largest absolute Gasteiger partial charge is 0.357 e. The van der Waals surface area contributed by atoms with Crippen molar-refractivity contribution in [3.63, 3.8) is 0 Å². The van der Waals surface area contributed by atoms with Crippen LogP contribution in [0, 0.1) is 0 Å². The number of carbonyl (C=O) groups excluding carboxylic acids is 1. The first-order valence-corrected chi connectivity index (χ1v) is 11.1. The lowest BCUT2D eigenvalue weighted by atomic mass is 10.2. The molecule has 0 aromatic heterocycles. The summed E-state index contributed by atoms with van der Waals surface area (Å²) in [5.41, 5.74) is 0.920. The van der Waals surface area contributed by atoms with Crippen molar-refractivity contribution in [1.29, 1.82) is 0 Å². The average molecular weight is 537 g/mol. The van der Waals surface area contributed by atoms with Gasteiger partial charge in [-0.05, 0) is 31.0 Å². The maximum atomic E-state index is 12.1. The van der Waals surface area contributed by atoms with Crippen LogP contribution in [0.5, 0.6) is 0 Å². The number of guanidine groups is 1. The van der Waals surface area contributed by atoms with Gasteiger partial charge in [-0.1, -0.05) is 19.1 Å². The molecule has 0 aliphatic carbocycles. The van der Waals surface area contributed by atoms with Crippen LogP contribution in [0.1, 0.15) is 32.3 Å².